The SMILES string of the molecule is CCN(CC)CC(O)CNCCc1cccc(C)c1. The van der Waals surface area contributed by atoms with Crippen LogP contribution in [0.4, 0.5) is 0 Å². The molecule has 1 aromatic rings. The fourth-order valence-corrected chi connectivity index (χ4v) is 2.21. The number of aliphatic hydroxyl groups excluding tert-OH is 1. The highest BCUT2D eigenvalue weighted by molar-refractivity contribution is 5.22. The summed E-state index contributed by atoms with van der Waals surface area (Å²) in [6.07, 6.45) is 0.733. The van der Waals surface area contributed by atoms with Gasteiger partial charge in [0, 0.05) is 13.1 Å². The number of benzene rings is 1. The summed E-state index contributed by atoms with van der Waals surface area (Å²) in [5, 5.41) is 13.2. The summed E-state index contributed by atoms with van der Waals surface area (Å²) < 4.78 is 0. The molecule has 0 bridgehead atoms. The first-order valence-corrected chi connectivity index (χ1v) is 7.32. The van der Waals surface area contributed by atoms with Crippen LogP contribution in [0.25, 0.3) is 0 Å². The van der Waals surface area contributed by atoms with Gasteiger partial charge in [-0.25, -0.2) is 0 Å². The van der Waals surface area contributed by atoms with Gasteiger partial charge in [-0.15, -0.1) is 0 Å². The first kappa shape index (κ1) is 16.2. The van der Waals surface area contributed by atoms with Gasteiger partial charge in [0.25, 0.3) is 0 Å². The van der Waals surface area contributed by atoms with Crippen LogP contribution in [0, 0.1) is 6.92 Å². The van der Waals surface area contributed by atoms with Crippen molar-refractivity contribution in [2.24, 2.45) is 0 Å². The number of aliphatic hydroxyl groups is 1. The first-order valence-electron chi connectivity index (χ1n) is 7.32. The normalized spacial score (nSPS) is 12.9. The number of aryl methyl sites for hydroxylation is 1. The molecule has 0 spiro atoms. The van der Waals surface area contributed by atoms with Crippen molar-refractivity contribution in [3.8, 4) is 0 Å². The summed E-state index contributed by atoms with van der Waals surface area (Å²) in [5.41, 5.74) is 2.66. The van der Waals surface area contributed by atoms with Crippen molar-refractivity contribution in [1.82, 2.24) is 10.2 Å². The van der Waals surface area contributed by atoms with Crippen molar-refractivity contribution in [2.75, 3.05) is 32.7 Å². The molecule has 1 atom stereocenters. The van der Waals surface area contributed by atoms with Crippen LogP contribution < -0.4 is 5.32 Å². The third-order valence-electron chi connectivity index (χ3n) is 3.42. The molecular formula is C16H28N2O. The zero-order valence-corrected chi connectivity index (χ0v) is 12.5. The van der Waals surface area contributed by atoms with Crippen molar-refractivity contribution >= 4 is 0 Å². The third kappa shape index (κ3) is 6.71. The van der Waals surface area contributed by atoms with Gasteiger partial charge < -0.3 is 15.3 Å². The lowest BCUT2D eigenvalue weighted by atomic mass is 10.1. The van der Waals surface area contributed by atoms with E-state index in [1.165, 1.54) is 11.1 Å². The van der Waals surface area contributed by atoms with E-state index in [1.54, 1.807) is 0 Å². The Morgan fingerprint density at radius 3 is 2.63 bits per heavy atom. The first-order chi connectivity index (χ1) is 9.15. The fraction of sp³-hybridized carbons (Fsp3) is 0.625. The highest BCUT2D eigenvalue weighted by Gasteiger charge is 2.07. The van der Waals surface area contributed by atoms with Crippen molar-refractivity contribution < 1.29 is 5.11 Å². The van der Waals surface area contributed by atoms with Gasteiger partial charge in [0.1, 0.15) is 0 Å². The minimum atomic E-state index is -0.280. The average molecular weight is 264 g/mol. The summed E-state index contributed by atoms with van der Waals surface area (Å²) in [7, 11) is 0. The third-order valence-corrected chi connectivity index (χ3v) is 3.42. The molecule has 108 valence electrons. The number of nitrogens with zero attached hydrogens (tertiary/aromatic N) is 1. The van der Waals surface area contributed by atoms with E-state index < -0.39 is 0 Å². The van der Waals surface area contributed by atoms with E-state index in [2.05, 4.69) is 55.3 Å². The van der Waals surface area contributed by atoms with E-state index in [4.69, 9.17) is 0 Å². The van der Waals surface area contributed by atoms with Crippen molar-refractivity contribution in [3.05, 3.63) is 35.4 Å². The van der Waals surface area contributed by atoms with E-state index in [9.17, 15) is 5.11 Å². The molecule has 0 aliphatic rings. The van der Waals surface area contributed by atoms with Crippen molar-refractivity contribution in [3.63, 3.8) is 0 Å². The second kappa shape index (κ2) is 9.08. The molecule has 0 amide bonds. The highest BCUT2D eigenvalue weighted by atomic mass is 16.3. The number of hydrogen-bond acceptors (Lipinski definition) is 3. The lowest BCUT2D eigenvalue weighted by molar-refractivity contribution is 0.117. The van der Waals surface area contributed by atoms with Crippen molar-refractivity contribution in [2.45, 2.75) is 33.3 Å². The van der Waals surface area contributed by atoms with Gasteiger partial charge in [0.15, 0.2) is 0 Å². The summed E-state index contributed by atoms with van der Waals surface area (Å²) >= 11 is 0. The van der Waals surface area contributed by atoms with E-state index in [-0.39, 0.29) is 6.10 Å². The second-order valence-electron chi connectivity index (χ2n) is 5.08. The zero-order valence-electron chi connectivity index (χ0n) is 12.5. The number of likely N-dealkylation sites (N-methyl/N-ethyl adjacent to an activating group) is 1. The molecule has 0 aliphatic heterocycles. The van der Waals surface area contributed by atoms with Crippen LogP contribution in [0.15, 0.2) is 24.3 Å². The monoisotopic (exact) mass is 264 g/mol. The number of hydrogen-bond donors (Lipinski definition) is 2. The van der Waals surface area contributed by atoms with Crippen molar-refractivity contribution in [1.29, 1.82) is 0 Å². The van der Waals surface area contributed by atoms with E-state index in [0.717, 1.165) is 32.6 Å². The average Bonchev–Trinajstić information content (AvgIpc) is 2.41. The standard InChI is InChI=1S/C16H28N2O/c1-4-18(5-2)13-16(19)12-17-10-9-15-8-6-7-14(3)11-15/h6-8,11,16-17,19H,4-5,9-10,12-13H2,1-3H3. The van der Waals surface area contributed by atoms with Crippen LogP contribution in [-0.2, 0) is 6.42 Å². The molecule has 2 N–H and O–H groups in total. The Labute approximate surface area is 117 Å². The van der Waals surface area contributed by atoms with Gasteiger partial charge in [-0.2, -0.15) is 0 Å². The Balaban J connectivity index is 2.16. The van der Waals surface area contributed by atoms with Crippen LogP contribution in [0.1, 0.15) is 25.0 Å². The Hall–Kier alpha value is -0.900. The molecule has 1 aromatic carbocycles. The molecule has 0 saturated heterocycles. The summed E-state index contributed by atoms with van der Waals surface area (Å²) in [5.74, 6) is 0. The molecule has 1 unspecified atom stereocenters. The lowest BCUT2D eigenvalue weighted by Crippen LogP contribution is -2.38. The molecule has 1 rings (SSSR count). The second-order valence-corrected chi connectivity index (χ2v) is 5.08. The summed E-state index contributed by atoms with van der Waals surface area (Å²) in [6, 6.07) is 8.58. The van der Waals surface area contributed by atoms with Gasteiger partial charge in [-0.05, 0) is 38.5 Å². The molecule has 19 heavy (non-hydrogen) atoms. The maximum atomic E-state index is 9.92. The summed E-state index contributed by atoms with van der Waals surface area (Å²) in [6.45, 7) is 10.7. The molecule has 0 aliphatic carbocycles. The lowest BCUT2D eigenvalue weighted by Gasteiger charge is -2.22. The number of nitrogens with one attached hydrogen (secondary N) is 1. The van der Waals surface area contributed by atoms with Gasteiger partial charge >= 0.3 is 0 Å². The highest BCUT2D eigenvalue weighted by Crippen LogP contribution is 2.03. The fourth-order valence-electron chi connectivity index (χ4n) is 2.21. The largest absolute Gasteiger partial charge is 0.390 e. The Morgan fingerprint density at radius 2 is 2.00 bits per heavy atom. The Bertz CT molecular complexity index is 350. The van der Waals surface area contributed by atoms with E-state index in [0.29, 0.717) is 6.54 Å². The molecule has 0 aromatic heterocycles. The smallest absolute Gasteiger partial charge is 0.0791 e. The van der Waals surface area contributed by atoms with Gasteiger partial charge in [0.05, 0.1) is 6.10 Å². The van der Waals surface area contributed by atoms with Crippen LogP contribution in [-0.4, -0.2) is 48.8 Å². The van der Waals surface area contributed by atoms with Gasteiger partial charge in [-0.3, -0.25) is 0 Å². The number of rotatable bonds is 9. The van der Waals surface area contributed by atoms with Gasteiger partial charge in [-0.1, -0.05) is 43.7 Å². The molecule has 0 heterocycles. The summed E-state index contributed by atoms with van der Waals surface area (Å²) in [4.78, 5) is 2.24. The molecule has 3 nitrogen and oxygen atoms in total. The van der Waals surface area contributed by atoms with E-state index >= 15 is 0 Å². The van der Waals surface area contributed by atoms with E-state index in [1.807, 2.05) is 0 Å². The predicted molar refractivity (Wildman–Crippen MR) is 81.5 cm³/mol. The molecule has 0 fully saturated rings. The molecule has 0 saturated carbocycles. The predicted octanol–water partition coefficient (Wildman–Crippen LogP) is 1.83. The van der Waals surface area contributed by atoms with Crippen LogP contribution in [0.3, 0.4) is 0 Å². The zero-order chi connectivity index (χ0) is 14.1. The maximum absolute atomic E-state index is 9.92. The Kier molecular flexibility index (Phi) is 7.72. The van der Waals surface area contributed by atoms with Gasteiger partial charge in [0.2, 0.25) is 0 Å². The Morgan fingerprint density at radius 1 is 1.26 bits per heavy atom. The minimum Gasteiger partial charge on any atom is -0.390 e. The minimum absolute atomic E-state index is 0.280. The van der Waals surface area contributed by atoms with Crippen LogP contribution in [0.5, 0.6) is 0 Å². The molecule has 0 radical (unpaired) electrons. The molecular weight excluding hydrogens is 236 g/mol. The van der Waals surface area contributed by atoms with Crippen LogP contribution >= 0.6 is 0 Å². The maximum Gasteiger partial charge on any atom is 0.0791 e. The quantitative estimate of drug-likeness (QED) is 0.668. The van der Waals surface area contributed by atoms with Crippen LogP contribution in [0.2, 0.25) is 0 Å². The molecule has 3 heteroatoms. The topological polar surface area (TPSA) is 35.5 Å².